The highest BCUT2D eigenvalue weighted by Gasteiger charge is 2.27. The molecule has 9 heteroatoms. The fourth-order valence-corrected chi connectivity index (χ4v) is 2.99. The van der Waals surface area contributed by atoms with Crippen molar-refractivity contribution in [3.63, 3.8) is 0 Å². The molecule has 0 radical (unpaired) electrons. The van der Waals surface area contributed by atoms with Gasteiger partial charge in [0, 0.05) is 23.8 Å². The zero-order valence-electron chi connectivity index (χ0n) is 13.3. The Morgan fingerprint density at radius 3 is 3.12 bits per heavy atom. The van der Waals surface area contributed by atoms with E-state index in [0.29, 0.717) is 24.5 Å². The van der Waals surface area contributed by atoms with Crippen LogP contribution in [0.4, 0.5) is 11.6 Å². The minimum absolute atomic E-state index is 0.150. The molecule has 1 aliphatic heterocycles. The second-order valence-electron chi connectivity index (χ2n) is 5.60. The molecule has 0 saturated carbocycles. The molecule has 1 aliphatic rings. The number of fused-ring (bicyclic) bond motifs is 2. The van der Waals surface area contributed by atoms with Crippen molar-refractivity contribution in [2.45, 2.75) is 19.9 Å². The number of nitrogens with zero attached hydrogens (tertiary/aromatic N) is 6. The van der Waals surface area contributed by atoms with E-state index in [9.17, 15) is 4.79 Å². The first-order valence-corrected chi connectivity index (χ1v) is 7.63. The van der Waals surface area contributed by atoms with Crippen LogP contribution in [0.5, 0.6) is 0 Å². The zero-order chi connectivity index (χ0) is 16.7. The van der Waals surface area contributed by atoms with Crippen molar-refractivity contribution in [2.75, 3.05) is 17.3 Å². The highest BCUT2D eigenvalue weighted by Crippen LogP contribution is 2.27. The number of carbonyl (C=O) groups excluding carboxylic acids is 1. The minimum atomic E-state index is -0.150. The third kappa shape index (κ3) is 2.21. The van der Waals surface area contributed by atoms with Gasteiger partial charge in [0.2, 0.25) is 5.95 Å². The molecule has 122 valence electrons. The number of carbonyl (C=O) groups is 1. The lowest BCUT2D eigenvalue weighted by Crippen LogP contribution is -2.33. The number of hydrogen-bond acceptors (Lipinski definition) is 6. The van der Waals surface area contributed by atoms with Gasteiger partial charge in [0.25, 0.3) is 5.91 Å². The maximum atomic E-state index is 12.8. The van der Waals surface area contributed by atoms with E-state index in [-0.39, 0.29) is 5.91 Å². The summed E-state index contributed by atoms with van der Waals surface area (Å²) in [6.07, 6.45) is 2.44. The van der Waals surface area contributed by atoms with Crippen LogP contribution in [-0.2, 0) is 11.3 Å². The fourth-order valence-electron chi connectivity index (χ4n) is 2.99. The second kappa shape index (κ2) is 5.44. The molecule has 0 saturated heterocycles. The van der Waals surface area contributed by atoms with Gasteiger partial charge in [0.1, 0.15) is 0 Å². The summed E-state index contributed by atoms with van der Waals surface area (Å²) in [5.74, 6) is 0.492. The van der Waals surface area contributed by atoms with Crippen LogP contribution in [0.15, 0.2) is 35.7 Å². The van der Waals surface area contributed by atoms with E-state index in [0.717, 1.165) is 22.3 Å². The number of rotatable bonds is 3. The topological polar surface area (TPSA) is 105 Å². The molecule has 1 aromatic carbocycles. The molecular formula is C15H16N8O. The quantitative estimate of drug-likeness (QED) is 0.752. The van der Waals surface area contributed by atoms with Gasteiger partial charge in [-0.2, -0.15) is 5.10 Å². The van der Waals surface area contributed by atoms with Crippen molar-refractivity contribution in [1.82, 2.24) is 30.4 Å². The summed E-state index contributed by atoms with van der Waals surface area (Å²) in [4.78, 5) is 14.6. The van der Waals surface area contributed by atoms with Gasteiger partial charge in [-0.3, -0.25) is 9.89 Å². The Kier molecular flexibility index (Phi) is 3.26. The van der Waals surface area contributed by atoms with Gasteiger partial charge in [-0.1, -0.05) is 12.0 Å². The lowest BCUT2D eigenvalue weighted by molar-refractivity contribution is -0.113. The first-order valence-electron chi connectivity index (χ1n) is 7.63. The van der Waals surface area contributed by atoms with Gasteiger partial charge in [-0.05, 0) is 35.0 Å². The normalized spacial score (nSPS) is 14.2. The van der Waals surface area contributed by atoms with Gasteiger partial charge < -0.3 is 10.2 Å². The van der Waals surface area contributed by atoms with Gasteiger partial charge in [-0.25, -0.2) is 4.68 Å². The summed E-state index contributed by atoms with van der Waals surface area (Å²) in [7, 11) is 1.87. The Hall–Kier alpha value is -3.23. The molecule has 0 atom stereocenters. The first-order chi connectivity index (χ1) is 11.7. The monoisotopic (exact) mass is 324 g/mol. The van der Waals surface area contributed by atoms with E-state index in [1.165, 1.54) is 0 Å². The number of H-pyrrole nitrogens is 1. The Labute approximate surface area is 137 Å². The van der Waals surface area contributed by atoms with Crippen molar-refractivity contribution < 1.29 is 4.79 Å². The van der Waals surface area contributed by atoms with E-state index in [2.05, 4.69) is 31.0 Å². The van der Waals surface area contributed by atoms with Crippen LogP contribution in [-0.4, -0.2) is 43.4 Å². The third-order valence-corrected chi connectivity index (χ3v) is 4.18. The van der Waals surface area contributed by atoms with Gasteiger partial charge in [-0.15, -0.1) is 0 Å². The van der Waals surface area contributed by atoms with Crippen LogP contribution in [0, 0.1) is 0 Å². The molecular weight excluding hydrogens is 308 g/mol. The molecule has 0 fully saturated rings. The highest BCUT2D eigenvalue weighted by molar-refractivity contribution is 6.05. The maximum Gasteiger partial charge on any atom is 0.255 e. The largest absolute Gasteiger partial charge is 0.322 e. The molecule has 3 heterocycles. The number of benzene rings is 1. The van der Waals surface area contributed by atoms with Crippen LogP contribution >= 0.6 is 0 Å². The number of anilines is 2. The SMILES string of the molecule is CCC1=C(C(=O)Nc2ccc3[nH]ncc3c2)Cn2nnnc2N1C. The summed E-state index contributed by atoms with van der Waals surface area (Å²) < 4.78 is 1.62. The van der Waals surface area contributed by atoms with E-state index < -0.39 is 0 Å². The van der Waals surface area contributed by atoms with Crippen molar-refractivity contribution in [3.8, 4) is 0 Å². The lowest BCUT2D eigenvalue weighted by Gasteiger charge is -2.28. The Balaban J connectivity index is 1.64. The number of aromatic nitrogens is 6. The summed E-state index contributed by atoms with van der Waals surface area (Å²) >= 11 is 0. The molecule has 9 nitrogen and oxygen atoms in total. The zero-order valence-corrected chi connectivity index (χ0v) is 13.3. The number of nitrogens with one attached hydrogen (secondary N) is 2. The van der Waals surface area contributed by atoms with E-state index in [1.54, 1.807) is 10.9 Å². The smallest absolute Gasteiger partial charge is 0.255 e. The predicted molar refractivity (Wildman–Crippen MR) is 88.3 cm³/mol. The van der Waals surface area contributed by atoms with Crippen molar-refractivity contribution in [2.24, 2.45) is 0 Å². The first kappa shape index (κ1) is 14.4. The molecule has 0 bridgehead atoms. The standard InChI is InChI=1S/C15H16N8O/c1-3-13-11(8-23-15(22(13)2)19-20-21-23)14(24)17-10-4-5-12-9(6-10)7-16-18-12/h4-7H,3,8H2,1-2H3,(H,16,18)(H,17,24). The van der Waals surface area contributed by atoms with Gasteiger partial charge >= 0.3 is 0 Å². The number of tetrazole rings is 1. The molecule has 0 spiro atoms. The van der Waals surface area contributed by atoms with Crippen LogP contribution in [0.2, 0.25) is 0 Å². The third-order valence-electron chi connectivity index (χ3n) is 4.18. The fraction of sp³-hybridized carbons (Fsp3) is 0.267. The highest BCUT2D eigenvalue weighted by atomic mass is 16.1. The van der Waals surface area contributed by atoms with Crippen LogP contribution in [0.3, 0.4) is 0 Å². The summed E-state index contributed by atoms with van der Waals surface area (Å²) in [6.45, 7) is 2.37. The number of aromatic amines is 1. The van der Waals surface area contributed by atoms with Crippen molar-refractivity contribution in [1.29, 1.82) is 0 Å². The summed E-state index contributed by atoms with van der Waals surface area (Å²) in [5, 5.41) is 22.4. The molecule has 0 unspecified atom stereocenters. The van der Waals surface area contributed by atoms with Crippen molar-refractivity contribution in [3.05, 3.63) is 35.7 Å². The summed E-state index contributed by atoms with van der Waals surface area (Å²) in [6, 6.07) is 5.62. The Morgan fingerprint density at radius 1 is 1.42 bits per heavy atom. The molecule has 2 aromatic heterocycles. The lowest BCUT2D eigenvalue weighted by atomic mass is 10.1. The molecule has 24 heavy (non-hydrogen) atoms. The Morgan fingerprint density at radius 2 is 2.29 bits per heavy atom. The van der Waals surface area contributed by atoms with E-state index in [4.69, 9.17) is 0 Å². The van der Waals surface area contributed by atoms with E-state index in [1.807, 2.05) is 37.1 Å². The second-order valence-corrected chi connectivity index (χ2v) is 5.60. The van der Waals surface area contributed by atoms with Gasteiger partial charge in [0.05, 0.1) is 23.8 Å². The maximum absolute atomic E-state index is 12.8. The average Bonchev–Trinajstić information content (AvgIpc) is 3.23. The molecule has 2 N–H and O–H groups in total. The molecule has 4 rings (SSSR count). The van der Waals surface area contributed by atoms with Crippen molar-refractivity contribution >= 4 is 28.4 Å². The minimum Gasteiger partial charge on any atom is -0.322 e. The van der Waals surface area contributed by atoms with Crippen LogP contribution < -0.4 is 10.2 Å². The van der Waals surface area contributed by atoms with Gasteiger partial charge in [0.15, 0.2) is 0 Å². The Bertz CT molecular complexity index is 953. The number of allylic oxidation sites excluding steroid dienone is 1. The number of amides is 1. The molecule has 3 aromatic rings. The van der Waals surface area contributed by atoms with E-state index >= 15 is 0 Å². The summed E-state index contributed by atoms with van der Waals surface area (Å²) in [5.41, 5.74) is 3.23. The average molecular weight is 324 g/mol. The number of hydrogen-bond donors (Lipinski definition) is 2. The van der Waals surface area contributed by atoms with Crippen LogP contribution in [0.1, 0.15) is 13.3 Å². The molecule has 1 amide bonds. The van der Waals surface area contributed by atoms with Crippen LogP contribution in [0.25, 0.3) is 10.9 Å². The molecule has 0 aliphatic carbocycles. The predicted octanol–water partition coefficient (Wildman–Crippen LogP) is 1.30.